The lowest BCUT2D eigenvalue weighted by molar-refractivity contribution is -0.120. The van der Waals surface area contributed by atoms with Gasteiger partial charge in [-0.1, -0.05) is 30.3 Å². The van der Waals surface area contributed by atoms with Gasteiger partial charge in [0.15, 0.2) is 11.6 Å². The Morgan fingerprint density at radius 3 is 2.50 bits per heavy atom. The number of ether oxygens (including phenoxy) is 1. The molecule has 22 heavy (non-hydrogen) atoms. The van der Waals surface area contributed by atoms with Crippen LogP contribution in [0.5, 0.6) is 5.75 Å². The van der Waals surface area contributed by atoms with Gasteiger partial charge in [-0.05, 0) is 55.5 Å². The third-order valence-corrected chi connectivity index (χ3v) is 4.00. The summed E-state index contributed by atoms with van der Waals surface area (Å²) in [7, 11) is 1.44. The number of hydrogen-bond acceptors (Lipinski definition) is 2. The molecule has 3 heteroatoms. The number of rotatable bonds is 6. The number of aryl methyl sites for hydroxylation is 1. The monoisotopic (exact) mass is 300 g/mol. The number of Topliss-reactive ketones (excluding diaryl/α,β-unsaturated/α-hetero) is 1. The summed E-state index contributed by atoms with van der Waals surface area (Å²) in [6.45, 7) is 3.64. The zero-order valence-corrected chi connectivity index (χ0v) is 13.2. The highest BCUT2D eigenvalue weighted by Crippen LogP contribution is 2.22. The Morgan fingerprint density at radius 1 is 1.18 bits per heavy atom. The lowest BCUT2D eigenvalue weighted by Crippen LogP contribution is -2.17. The van der Waals surface area contributed by atoms with Gasteiger partial charge in [0.25, 0.3) is 0 Å². The number of methoxy groups -OCH3 is 1. The second-order valence-electron chi connectivity index (χ2n) is 5.61. The zero-order chi connectivity index (χ0) is 16.1. The SMILES string of the molecule is COc1ccc(CC(Cc2ccccc2C)C(C)=O)cc1F. The smallest absolute Gasteiger partial charge is 0.165 e. The molecule has 2 aromatic carbocycles. The average molecular weight is 300 g/mol. The van der Waals surface area contributed by atoms with E-state index in [9.17, 15) is 9.18 Å². The van der Waals surface area contributed by atoms with Crippen molar-refractivity contribution in [2.75, 3.05) is 7.11 Å². The highest BCUT2D eigenvalue weighted by atomic mass is 19.1. The molecule has 0 aliphatic heterocycles. The van der Waals surface area contributed by atoms with Crippen LogP contribution >= 0.6 is 0 Å². The van der Waals surface area contributed by atoms with Crippen molar-refractivity contribution in [3.8, 4) is 5.75 Å². The minimum atomic E-state index is -0.391. The molecule has 0 bridgehead atoms. The van der Waals surface area contributed by atoms with Crippen LogP contribution < -0.4 is 4.74 Å². The van der Waals surface area contributed by atoms with Gasteiger partial charge in [0.2, 0.25) is 0 Å². The number of carbonyl (C=O) groups is 1. The van der Waals surface area contributed by atoms with Crippen molar-refractivity contribution >= 4 is 5.78 Å². The first kappa shape index (κ1) is 16.2. The largest absolute Gasteiger partial charge is 0.494 e. The fourth-order valence-corrected chi connectivity index (χ4v) is 2.59. The molecule has 0 aromatic heterocycles. The van der Waals surface area contributed by atoms with E-state index < -0.39 is 5.82 Å². The van der Waals surface area contributed by atoms with Crippen molar-refractivity contribution < 1.29 is 13.9 Å². The highest BCUT2D eigenvalue weighted by molar-refractivity contribution is 5.79. The summed E-state index contributed by atoms with van der Waals surface area (Å²) < 4.78 is 18.7. The molecule has 0 amide bonds. The van der Waals surface area contributed by atoms with Gasteiger partial charge in [-0.25, -0.2) is 4.39 Å². The number of halogens is 1. The molecule has 0 radical (unpaired) electrons. The summed E-state index contributed by atoms with van der Waals surface area (Å²) in [5, 5.41) is 0. The summed E-state index contributed by atoms with van der Waals surface area (Å²) in [6.07, 6.45) is 1.21. The van der Waals surface area contributed by atoms with Gasteiger partial charge in [-0.15, -0.1) is 0 Å². The first-order valence-electron chi connectivity index (χ1n) is 7.38. The maximum absolute atomic E-state index is 13.8. The van der Waals surface area contributed by atoms with Crippen molar-refractivity contribution in [3.63, 3.8) is 0 Å². The van der Waals surface area contributed by atoms with E-state index in [4.69, 9.17) is 4.74 Å². The third-order valence-electron chi connectivity index (χ3n) is 4.00. The van der Waals surface area contributed by atoms with E-state index in [1.165, 1.54) is 18.7 Å². The predicted molar refractivity (Wildman–Crippen MR) is 85.7 cm³/mol. The van der Waals surface area contributed by atoms with Crippen molar-refractivity contribution in [2.45, 2.75) is 26.7 Å². The molecule has 1 atom stereocenters. The normalized spacial score (nSPS) is 12.0. The minimum Gasteiger partial charge on any atom is -0.494 e. The molecule has 0 aliphatic rings. The molecule has 0 spiro atoms. The van der Waals surface area contributed by atoms with E-state index in [1.807, 2.05) is 37.3 Å². The number of hydrogen-bond donors (Lipinski definition) is 0. The van der Waals surface area contributed by atoms with Crippen molar-refractivity contribution in [2.24, 2.45) is 5.92 Å². The third kappa shape index (κ3) is 3.94. The maximum Gasteiger partial charge on any atom is 0.165 e. The predicted octanol–water partition coefficient (Wildman–Crippen LogP) is 4.13. The Kier molecular flexibility index (Phi) is 5.31. The van der Waals surface area contributed by atoms with E-state index in [0.717, 1.165) is 11.1 Å². The summed E-state index contributed by atoms with van der Waals surface area (Å²) in [4.78, 5) is 12.0. The molecular weight excluding hydrogens is 279 g/mol. The van der Waals surface area contributed by atoms with Crippen LogP contribution in [0.1, 0.15) is 23.6 Å². The molecular formula is C19H21FO2. The zero-order valence-electron chi connectivity index (χ0n) is 13.2. The van der Waals surface area contributed by atoms with Gasteiger partial charge in [-0.2, -0.15) is 0 Å². The molecule has 0 aliphatic carbocycles. The molecule has 0 heterocycles. The Hall–Kier alpha value is -2.16. The Balaban J connectivity index is 2.17. The first-order chi connectivity index (χ1) is 10.5. The molecule has 0 saturated carbocycles. The molecule has 2 rings (SSSR count). The Bertz CT molecular complexity index is 664. The number of benzene rings is 2. The molecule has 1 unspecified atom stereocenters. The van der Waals surface area contributed by atoms with Crippen LogP contribution in [0, 0.1) is 18.7 Å². The Morgan fingerprint density at radius 2 is 1.91 bits per heavy atom. The highest BCUT2D eigenvalue weighted by Gasteiger charge is 2.17. The van der Waals surface area contributed by atoms with Crippen molar-refractivity contribution in [1.29, 1.82) is 0 Å². The molecule has 0 fully saturated rings. The van der Waals surface area contributed by atoms with E-state index in [-0.39, 0.29) is 17.5 Å². The second-order valence-corrected chi connectivity index (χ2v) is 5.61. The number of ketones is 1. The molecule has 0 saturated heterocycles. The van der Waals surface area contributed by atoms with Crippen LogP contribution in [0.25, 0.3) is 0 Å². The van der Waals surface area contributed by atoms with E-state index in [1.54, 1.807) is 13.0 Å². The summed E-state index contributed by atoms with van der Waals surface area (Å²) >= 11 is 0. The minimum absolute atomic E-state index is 0.125. The van der Waals surface area contributed by atoms with Crippen LogP contribution in [0.4, 0.5) is 4.39 Å². The summed E-state index contributed by atoms with van der Waals surface area (Å²) in [6, 6.07) is 12.9. The lowest BCUT2D eigenvalue weighted by Gasteiger charge is -2.16. The standard InChI is InChI=1S/C19H21FO2/c1-13-6-4-5-7-16(13)12-17(14(2)21)10-15-8-9-19(22-3)18(20)11-15/h4-9,11,17H,10,12H2,1-3H3. The lowest BCUT2D eigenvalue weighted by atomic mass is 9.88. The second kappa shape index (κ2) is 7.21. The van der Waals surface area contributed by atoms with E-state index in [0.29, 0.717) is 12.8 Å². The average Bonchev–Trinajstić information content (AvgIpc) is 2.49. The first-order valence-corrected chi connectivity index (χ1v) is 7.38. The molecule has 2 aromatic rings. The molecule has 116 valence electrons. The van der Waals surface area contributed by atoms with Gasteiger partial charge in [0.1, 0.15) is 5.78 Å². The van der Waals surface area contributed by atoms with Crippen LogP contribution in [-0.4, -0.2) is 12.9 Å². The number of carbonyl (C=O) groups excluding carboxylic acids is 1. The fourth-order valence-electron chi connectivity index (χ4n) is 2.59. The Labute approximate surface area is 130 Å². The van der Waals surface area contributed by atoms with Gasteiger partial charge in [0, 0.05) is 5.92 Å². The van der Waals surface area contributed by atoms with Crippen LogP contribution in [0.3, 0.4) is 0 Å². The van der Waals surface area contributed by atoms with Crippen molar-refractivity contribution in [3.05, 3.63) is 65.0 Å². The van der Waals surface area contributed by atoms with E-state index in [2.05, 4.69) is 0 Å². The van der Waals surface area contributed by atoms with E-state index >= 15 is 0 Å². The topological polar surface area (TPSA) is 26.3 Å². The van der Waals surface area contributed by atoms with Crippen LogP contribution in [0.2, 0.25) is 0 Å². The van der Waals surface area contributed by atoms with Gasteiger partial charge >= 0.3 is 0 Å². The molecule has 2 nitrogen and oxygen atoms in total. The van der Waals surface area contributed by atoms with Gasteiger partial charge in [-0.3, -0.25) is 4.79 Å². The van der Waals surface area contributed by atoms with Crippen molar-refractivity contribution in [1.82, 2.24) is 0 Å². The quantitative estimate of drug-likeness (QED) is 0.801. The van der Waals surface area contributed by atoms with Crippen LogP contribution in [-0.2, 0) is 17.6 Å². The fraction of sp³-hybridized carbons (Fsp3) is 0.316. The molecule has 0 N–H and O–H groups in total. The van der Waals surface area contributed by atoms with Crippen LogP contribution in [0.15, 0.2) is 42.5 Å². The van der Waals surface area contributed by atoms with Gasteiger partial charge < -0.3 is 4.74 Å². The summed E-state index contributed by atoms with van der Waals surface area (Å²) in [5.41, 5.74) is 3.15. The summed E-state index contributed by atoms with van der Waals surface area (Å²) in [5.74, 6) is -0.186. The van der Waals surface area contributed by atoms with Gasteiger partial charge in [0.05, 0.1) is 7.11 Å². The maximum atomic E-state index is 13.8.